The number of hydrogen-bond acceptors (Lipinski definition) is 2. The van der Waals surface area contributed by atoms with Crippen LogP contribution in [0.5, 0.6) is 0 Å². The van der Waals surface area contributed by atoms with E-state index in [1.54, 1.807) is 0 Å². The summed E-state index contributed by atoms with van der Waals surface area (Å²) in [7, 11) is 0. The SMILES string of the molecule is CCC(CC)NCC(C)N1CCCc2ccccc21. The van der Waals surface area contributed by atoms with E-state index in [0.717, 1.165) is 6.54 Å². The maximum Gasteiger partial charge on any atom is 0.0401 e. The lowest BCUT2D eigenvalue weighted by atomic mass is 10.00. The summed E-state index contributed by atoms with van der Waals surface area (Å²) in [6.07, 6.45) is 4.96. The predicted octanol–water partition coefficient (Wildman–Crippen LogP) is 3.61. The van der Waals surface area contributed by atoms with Gasteiger partial charge in [-0.05, 0) is 44.2 Å². The van der Waals surface area contributed by atoms with Gasteiger partial charge in [-0.2, -0.15) is 0 Å². The summed E-state index contributed by atoms with van der Waals surface area (Å²) in [5.41, 5.74) is 2.97. The molecule has 0 aromatic heterocycles. The van der Waals surface area contributed by atoms with Gasteiger partial charge in [0.2, 0.25) is 0 Å². The number of rotatable bonds is 6. The molecule has 0 spiro atoms. The average Bonchev–Trinajstić information content (AvgIpc) is 2.47. The van der Waals surface area contributed by atoms with Crippen LogP contribution >= 0.6 is 0 Å². The zero-order valence-electron chi connectivity index (χ0n) is 12.7. The highest BCUT2D eigenvalue weighted by Crippen LogP contribution is 2.28. The van der Waals surface area contributed by atoms with Gasteiger partial charge < -0.3 is 10.2 Å². The van der Waals surface area contributed by atoms with E-state index in [1.165, 1.54) is 43.5 Å². The van der Waals surface area contributed by atoms with E-state index in [1.807, 2.05) is 0 Å². The zero-order valence-corrected chi connectivity index (χ0v) is 12.7. The van der Waals surface area contributed by atoms with Crippen molar-refractivity contribution in [2.24, 2.45) is 0 Å². The summed E-state index contributed by atoms with van der Waals surface area (Å²) in [6, 6.07) is 10.1. The van der Waals surface area contributed by atoms with Crippen LogP contribution in [0.4, 0.5) is 5.69 Å². The molecular formula is C17H28N2. The van der Waals surface area contributed by atoms with Crippen LogP contribution in [0.3, 0.4) is 0 Å². The van der Waals surface area contributed by atoms with Crippen molar-refractivity contribution in [3.63, 3.8) is 0 Å². The topological polar surface area (TPSA) is 15.3 Å². The van der Waals surface area contributed by atoms with Gasteiger partial charge in [-0.3, -0.25) is 0 Å². The molecule has 1 aliphatic rings. The number of nitrogens with one attached hydrogen (secondary N) is 1. The number of para-hydroxylation sites is 1. The molecule has 1 atom stereocenters. The molecule has 1 aromatic rings. The smallest absolute Gasteiger partial charge is 0.0401 e. The monoisotopic (exact) mass is 260 g/mol. The van der Waals surface area contributed by atoms with Crippen LogP contribution in [-0.4, -0.2) is 25.2 Å². The molecule has 1 unspecified atom stereocenters. The first kappa shape index (κ1) is 14.4. The minimum Gasteiger partial charge on any atom is -0.367 e. The Morgan fingerprint density at radius 3 is 2.68 bits per heavy atom. The van der Waals surface area contributed by atoms with Crippen LogP contribution in [0.2, 0.25) is 0 Å². The van der Waals surface area contributed by atoms with E-state index in [2.05, 4.69) is 55.3 Å². The zero-order chi connectivity index (χ0) is 13.7. The fourth-order valence-corrected chi connectivity index (χ4v) is 3.05. The third kappa shape index (κ3) is 3.50. The van der Waals surface area contributed by atoms with Crippen LogP contribution < -0.4 is 10.2 Å². The Kier molecular flexibility index (Phi) is 5.26. The molecule has 106 valence electrons. The van der Waals surface area contributed by atoms with Crippen molar-refractivity contribution in [3.8, 4) is 0 Å². The van der Waals surface area contributed by atoms with Crippen LogP contribution in [0.25, 0.3) is 0 Å². The van der Waals surface area contributed by atoms with Crippen molar-refractivity contribution in [3.05, 3.63) is 29.8 Å². The van der Waals surface area contributed by atoms with E-state index in [9.17, 15) is 0 Å². The highest BCUT2D eigenvalue weighted by Gasteiger charge is 2.21. The van der Waals surface area contributed by atoms with Crippen LogP contribution in [0, 0.1) is 0 Å². The van der Waals surface area contributed by atoms with E-state index in [-0.39, 0.29) is 0 Å². The van der Waals surface area contributed by atoms with Gasteiger partial charge >= 0.3 is 0 Å². The lowest BCUT2D eigenvalue weighted by molar-refractivity contribution is 0.450. The quantitative estimate of drug-likeness (QED) is 0.840. The predicted molar refractivity (Wildman–Crippen MR) is 83.9 cm³/mol. The molecule has 0 bridgehead atoms. The van der Waals surface area contributed by atoms with Crippen LogP contribution in [0.1, 0.15) is 45.6 Å². The second-order valence-corrected chi connectivity index (χ2v) is 5.70. The largest absolute Gasteiger partial charge is 0.367 e. The number of fused-ring (bicyclic) bond motifs is 1. The van der Waals surface area contributed by atoms with E-state index in [0.29, 0.717) is 12.1 Å². The molecule has 1 aliphatic heterocycles. The Balaban J connectivity index is 1.98. The number of hydrogen-bond donors (Lipinski definition) is 1. The molecule has 0 amide bonds. The molecule has 0 saturated carbocycles. The van der Waals surface area contributed by atoms with Gasteiger partial charge in [0.1, 0.15) is 0 Å². The molecule has 0 saturated heterocycles. The van der Waals surface area contributed by atoms with E-state index >= 15 is 0 Å². The van der Waals surface area contributed by atoms with E-state index < -0.39 is 0 Å². The molecule has 19 heavy (non-hydrogen) atoms. The standard InChI is InChI=1S/C17H28N2/c1-4-16(5-2)18-13-14(3)19-12-8-10-15-9-6-7-11-17(15)19/h6-7,9,11,14,16,18H,4-5,8,10,12-13H2,1-3H3. The van der Waals surface area contributed by atoms with Crippen molar-refractivity contribution in [1.82, 2.24) is 5.32 Å². The van der Waals surface area contributed by atoms with Crippen molar-refractivity contribution >= 4 is 5.69 Å². The number of nitrogens with zero attached hydrogens (tertiary/aromatic N) is 1. The van der Waals surface area contributed by atoms with Gasteiger partial charge in [0.25, 0.3) is 0 Å². The second kappa shape index (κ2) is 6.95. The molecule has 1 aromatic carbocycles. The first-order chi connectivity index (χ1) is 9.26. The number of aryl methyl sites for hydroxylation is 1. The Morgan fingerprint density at radius 1 is 1.21 bits per heavy atom. The minimum atomic E-state index is 0.571. The second-order valence-electron chi connectivity index (χ2n) is 5.70. The molecule has 0 fully saturated rings. The summed E-state index contributed by atoms with van der Waals surface area (Å²) in [5, 5.41) is 3.71. The summed E-state index contributed by atoms with van der Waals surface area (Å²) in [4.78, 5) is 2.58. The minimum absolute atomic E-state index is 0.571. The Bertz CT molecular complexity index is 385. The molecule has 0 radical (unpaired) electrons. The van der Waals surface area contributed by atoms with Crippen molar-refractivity contribution in [2.75, 3.05) is 18.0 Å². The third-order valence-electron chi connectivity index (χ3n) is 4.37. The molecule has 2 rings (SSSR count). The summed E-state index contributed by atoms with van der Waals surface area (Å²) < 4.78 is 0. The molecule has 1 heterocycles. The summed E-state index contributed by atoms with van der Waals surface area (Å²) in [5.74, 6) is 0. The third-order valence-corrected chi connectivity index (χ3v) is 4.37. The normalized spacial score (nSPS) is 16.5. The summed E-state index contributed by atoms with van der Waals surface area (Å²) in [6.45, 7) is 9.16. The van der Waals surface area contributed by atoms with Gasteiger partial charge in [-0.15, -0.1) is 0 Å². The fraction of sp³-hybridized carbons (Fsp3) is 0.647. The van der Waals surface area contributed by atoms with Gasteiger partial charge in [0.05, 0.1) is 0 Å². The lowest BCUT2D eigenvalue weighted by Crippen LogP contribution is -2.45. The Hall–Kier alpha value is -1.02. The average molecular weight is 260 g/mol. The Morgan fingerprint density at radius 2 is 1.95 bits per heavy atom. The molecular weight excluding hydrogens is 232 g/mol. The van der Waals surface area contributed by atoms with Gasteiger partial charge in [-0.1, -0.05) is 32.0 Å². The van der Waals surface area contributed by atoms with Crippen molar-refractivity contribution in [2.45, 2.75) is 58.5 Å². The van der Waals surface area contributed by atoms with Gasteiger partial charge in [0.15, 0.2) is 0 Å². The van der Waals surface area contributed by atoms with Crippen molar-refractivity contribution in [1.29, 1.82) is 0 Å². The molecule has 2 heteroatoms. The first-order valence-corrected chi connectivity index (χ1v) is 7.84. The lowest BCUT2D eigenvalue weighted by Gasteiger charge is -2.37. The Labute approximate surface area is 118 Å². The number of anilines is 1. The molecule has 2 nitrogen and oxygen atoms in total. The van der Waals surface area contributed by atoms with Gasteiger partial charge in [0, 0.05) is 30.9 Å². The van der Waals surface area contributed by atoms with E-state index in [4.69, 9.17) is 0 Å². The molecule has 0 aliphatic carbocycles. The van der Waals surface area contributed by atoms with Crippen LogP contribution in [0.15, 0.2) is 24.3 Å². The van der Waals surface area contributed by atoms with Crippen molar-refractivity contribution < 1.29 is 0 Å². The summed E-state index contributed by atoms with van der Waals surface area (Å²) >= 11 is 0. The fourth-order valence-electron chi connectivity index (χ4n) is 3.05. The highest BCUT2D eigenvalue weighted by atomic mass is 15.2. The molecule has 1 N–H and O–H groups in total. The number of benzene rings is 1. The maximum atomic E-state index is 3.71. The maximum absolute atomic E-state index is 3.71. The van der Waals surface area contributed by atoms with Crippen LogP contribution in [-0.2, 0) is 6.42 Å². The first-order valence-electron chi connectivity index (χ1n) is 7.84. The van der Waals surface area contributed by atoms with Gasteiger partial charge in [-0.25, -0.2) is 0 Å². The highest BCUT2D eigenvalue weighted by molar-refractivity contribution is 5.56.